The summed E-state index contributed by atoms with van der Waals surface area (Å²) in [6, 6.07) is 11.8. The number of aromatic carboxylic acids is 1. The number of carboxylic acids is 1. The Bertz CT molecular complexity index is 1050. The lowest BCUT2D eigenvalue weighted by Crippen LogP contribution is -2.08. The van der Waals surface area contributed by atoms with Gasteiger partial charge in [0.2, 0.25) is 0 Å². The van der Waals surface area contributed by atoms with Crippen LogP contribution in [0, 0.1) is 6.92 Å². The fourth-order valence-electron chi connectivity index (χ4n) is 2.47. The van der Waals surface area contributed by atoms with Crippen LogP contribution in [0.4, 0.5) is 0 Å². The maximum absolute atomic E-state index is 12.7. The summed E-state index contributed by atoms with van der Waals surface area (Å²) in [4.78, 5) is 13.3. The SMILES string of the molecule is Cc1ccccc1S(=O)(=O)Cc1cc(-c2ccc(Cl)s2)sc1C(=O)O. The number of thiophene rings is 2. The average molecular weight is 413 g/mol. The van der Waals surface area contributed by atoms with Gasteiger partial charge in [-0.3, -0.25) is 0 Å². The quantitative estimate of drug-likeness (QED) is 0.632. The van der Waals surface area contributed by atoms with Gasteiger partial charge in [0.1, 0.15) is 4.88 Å². The lowest BCUT2D eigenvalue weighted by atomic mass is 10.2. The van der Waals surface area contributed by atoms with Crippen LogP contribution in [-0.2, 0) is 15.6 Å². The van der Waals surface area contributed by atoms with Gasteiger partial charge >= 0.3 is 5.97 Å². The maximum Gasteiger partial charge on any atom is 0.346 e. The molecule has 3 rings (SSSR count). The monoisotopic (exact) mass is 412 g/mol. The molecule has 0 aliphatic rings. The van der Waals surface area contributed by atoms with E-state index in [1.54, 1.807) is 43.3 Å². The van der Waals surface area contributed by atoms with E-state index in [1.165, 1.54) is 17.4 Å². The first-order valence-corrected chi connectivity index (χ1v) is 10.8. The van der Waals surface area contributed by atoms with Crippen molar-refractivity contribution in [2.45, 2.75) is 17.6 Å². The molecule has 8 heteroatoms. The molecule has 0 unspecified atom stereocenters. The molecule has 0 saturated heterocycles. The molecule has 0 bridgehead atoms. The van der Waals surface area contributed by atoms with E-state index in [1.807, 2.05) is 0 Å². The van der Waals surface area contributed by atoms with Crippen LogP contribution in [0.3, 0.4) is 0 Å². The second kappa shape index (κ2) is 6.92. The zero-order valence-electron chi connectivity index (χ0n) is 13.0. The van der Waals surface area contributed by atoms with Crippen LogP contribution in [-0.4, -0.2) is 19.5 Å². The topological polar surface area (TPSA) is 71.4 Å². The molecular weight excluding hydrogens is 400 g/mol. The van der Waals surface area contributed by atoms with Gasteiger partial charge in [0.05, 0.1) is 15.0 Å². The summed E-state index contributed by atoms with van der Waals surface area (Å²) in [5.41, 5.74) is 0.931. The Morgan fingerprint density at radius 3 is 2.44 bits per heavy atom. The molecule has 1 aromatic carbocycles. The van der Waals surface area contributed by atoms with Gasteiger partial charge < -0.3 is 5.11 Å². The van der Waals surface area contributed by atoms with Crippen LogP contribution in [0.5, 0.6) is 0 Å². The Morgan fingerprint density at radius 2 is 1.84 bits per heavy atom. The van der Waals surface area contributed by atoms with E-state index in [4.69, 9.17) is 11.6 Å². The Morgan fingerprint density at radius 1 is 1.12 bits per heavy atom. The Balaban J connectivity index is 2.03. The van der Waals surface area contributed by atoms with Gasteiger partial charge in [-0.2, -0.15) is 0 Å². The second-order valence-corrected chi connectivity index (χ2v) is 10.1. The van der Waals surface area contributed by atoms with Crippen molar-refractivity contribution in [1.82, 2.24) is 0 Å². The minimum atomic E-state index is -3.64. The van der Waals surface area contributed by atoms with Gasteiger partial charge in [-0.25, -0.2) is 13.2 Å². The predicted octanol–water partition coefficient (Wildman–Crippen LogP) is 5.11. The van der Waals surface area contributed by atoms with Gasteiger partial charge in [-0.1, -0.05) is 29.8 Å². The van der Waals surface area contributed by atoms with Crippen molar-refractivity contribution in [1.29, 1.82) is 0 Å². The summed E-state index contributed by atoms with van der Waals surface area (Å²) in [6.07, 6.45) is 0. The van der Waals surface area contributed by atoms with Crippen LogP contribution >= 0.6 is 34.3 Å². The summed E-state index contributed by atoms with van der Waals surface area (Å²) >= 11 is 8.32. The first-order chi connectivity index (χ1) is 11.8. The van der Waals surface area contributed by atoms with E-state index in [2.05, 4.69) is 0 Å². The number of aryl methyl sites for hydroxylation is 1. The molecule has 4 nitrogen and oxygen atoms in total. The minimum absolute atomic E-state index is 0.0386. The molecule has 0 amide bonds. The molecule has 1 N–H and O–H groups in total. The first-order valence-electron chi connectivity index (χ1n) is 7.18. The van der Waals surface area contributed by atoms with Crippen molar-refractivity contribution < 1.29 is 18.3 Å². The zero-order valence-corrected chi connectivity index (χ0v) is 16.2. The van der Waals surface area contributed by atoms with E-state index in [0.717, 1.165) is 16.2 Å². The van der Waals surface area contributed by atoms with Crippen LogP contribution in [0.15, 0.2) is 47.4 Å². The number of rotatable bonds is 5. The number of carboxylic acid groups (broad SMARTS) is 1. The van der Waals surface area contributed by atoms with Crippen molar-refractivity contribution >= 4 is 50.1 Å². The number of hydrogen-bond donors (Lipinski definition) is 1. The average Bonchev–Trinajstić information content (AvgIpc) is 3.13. The highest BCUT2D eigenvalue weighted by molar-refractivity contribution is 7.90. The fourth-order valence-corrected chi connectivity index (χ4v) is 6.34. The molecule has 0 spiro atoms. The van der Waals surface area contributed by atoms with Crippen LogP contribution < -0.4 is 0 Å². The minimum Gasteiger partial charge on any atom is -0.477 e. The molecule has 0 radical (unpaired) electrons. The summed E-state index contributed by atoms with van der Waals surface area (Å²) in [5, 5.41) is 9.45. The predicted molar refractivity (Wildman–Crippen MR) is 102 cm³/mol. The number of sulfone groups is 1. The Labute approximate surface area is 158 Å². The molecule has 0 atom stereocenters. The highest BCUT2D eigenvalue weighted by Crippen LogP contribution is 2.38. The number of benzene rings is 1. The van der Waals surface area contributed by atoms with Gasteiger partial charge in [0.25, 0.3) is 0 Å². The first kappa shape index (κ1) is 18.1. The van der Waals surface area contributed by atoms with Crippen molar-refractivity contribution in [3.8, 4) is 9.75 Å². The summed E-state index contributed by atoms with van der Waals surface area (Å²) < 4.78 is 26.1. The molecule has 2 heterocycles. The normalized spacial score (nSPS) is 11.6. The second-order valence-electron chi connectivity index (χ2n) is 5.40. The highest BCUT2D eigenvalue weighted by atomic mass is 35.5. The number of hydrogen-bond acceptors (Lipinski definition) is 5. The maximum atomic E-state index is 12.7. The lowest BCUT2D eigenvalue weighted by Gasteiger charge is -2.07. The van der Waals surface area contributed by atoms with Crippen molar-refractivity contribution in [2.24, 2.45) is 0 Å². The molecule has 25 heavy (non-hydrogen) atoms. The summed E-state index contributed by atoms with van der Waals surface area (Å²) in [7, 11) is -3.64. The fraction of sp³-hybridized carbons (Fsp3) is 0.118. The third kappa shape index (κ3) is 3.79. The van der Waals surface area contributed by atoms with Crippen molar-refractivity contribution in [3.05, 3.63) is 62.8 Å². The van der Waals surface area contributed by atoms with E-state index < -0.39 is 15.8 Å². The molecule has 0 aliphatic heterocycles. The Kier molecular flexibility index (Phi) is 5.02. The van der Waals surface area contributed by atoms with E-state index in [0.29, 0.717) is 20.3 Å². The van der Waals surface area contributed by atoms with E-state index in [-0.39, 0.29) is 15.5 Å². The third-order valence-corrected chi connectivity index (χ3v) is 8.00. The van der Waals surface area contributed by atoms with Crippen LogP contribution in [0.25, 0.3) is 9.75 Å². The largest absolute Gasteiger partial charge is 0.477 e. The smallest absolute Gasteiger partial charge is 0.346 e. The number of carbonyl (C=O) groups is 1. The molecule has 0 fully saturated rings. The molecule has 0 saturated carbocycles. The van der Waals surface area contributed by atoms with Crippen LogP contribution in [0.2, 0.25) is 4.34 Å². The standard InChI is InChI=1S/C17H13ClO4S3/c1-10-4-2-3-5-14(10)25(21,22)9-11-8-13(24-16(11)17(19)20)12-6-7-15(18)23-12/h2-8H,9H2,1H3,(H,19,20). The highest BCUT2D eigenvalue weighted by Gasteiger charge is 2.24. The summed E-state index contributed by atoms with van der Waals surface area (Å²) in [5.74, 6) is -1.48. The lowest BCUT2D eigenvalue weighted by molar-refractivity contribution is 0.0701. The van der Waals surface area contributed by atoms with Gasteiger partial charge in [-0.05, 0) is 42.3 Å². The Hall–Kier alpha value is -1.67. The molecule has 0 aliphatic carbocycles. The summed E-state index contributed by atoms with van der Waals surface area (Å²) in [6.45, 7) is 1.72. The zero-order chi connectivity index (χ0) is 18.2. The van der Waals surface area contributed by atoms with Gasteiger partial charge in [0, 0.05) is 9.75 Å². The van der Waals surface area contributed by atoms with E-state index >= 15 is 0 Å². The van der Waals surface area contributed by atoms with Gasteiger partial charge in [-0.15, -0.1) is 22.7 Å². The molecular formula is C17H13ClO4S3. The molecule has 2 aromatic heterocycles. The van der Waals surface area contributed by atoms with E-state index in [9.17, 15) is 18.3 Å². The van der Waals surface area contributed by atoms with Crippen LogP contribution in [0.1, 0.15) is 20.8 Å². The number of halogens is 1. The third-order valence-electron chi connectivity index (χ3n) is 3.59. The van der Waals surface area contributed by atoms with Gasteiger partial charge in [0.15, 0.2) is 9.84 Å². The van der Waals surface area contributed by atoms with Crippen molar-refractivity contribution in [2.75, 3.05) is 0 Å². The molecule has 130 valence electrons. The molecule has 3 aromatic rings. The van der Waals surface area contributed by atoms with Crippen molar-refractivity contribution in [3.63, 3.8) is 0 Å².